The van der Waals surface area contributed by atoms with Gasteiger partial charge in [0.25, 0.3) is 0 Å². The fourth-order valence-electron chi connectivity index (χ4n) is 1.64. The number of hydrogen-bond donors (Lipinski definition) is 1. The Morgan fingerprint density at radius 1 is 1.41 bits per heavy atom. The predicted molar refractivity (Wildman–Crippen MR) is 71.3 cm³/mol. The lowest BCUT2D eigenvalue weighted by Gasteiger charge is -2.21. The summed E-state index contributed by atoms with van der Waals surface area (Å²) in [6.07, 6.45) is 2.62. The maximum atomic E-state index is 9.71. The largest absolute Gasteiger partial charge is 0.488 e. The van der Waals surface area contributed by atoms with E-state index in [1.54, 1.807) is 6.08 Å². The molecule has 17 heavy (non-hydrogen) atoms. The van der Waals surface area contributed by atoms with Gasteiger partial charge in [0.15, 0.2) is 0 Å². The Kier molecular flexibility index (Phi) is 4.76. The molecular weight excluding hydrogens is 212 g/mol. The van der Waals surface area contributed by atoms with Gasteiger partial charge in [-0.1, -0.05) is 18.2 Å². The molecule has 1 unspecified atom stereocenters. The van der Waals surface area contributed by atoms with Gasteiger partial charge in [-0.15, -0.1) is 6.58 Å². The second kappa shape index (κ2) is 5.87. The van der Waals surface area contributed by atoms with E-state index in [9.17, 15) is 5.11 Å². The van der Waals surface area contributed by atoms with Gasteiger partial charge >= 0.3 is 0 Å². The molecule has 1 atom stereocenters. The third kappa shape index (κ3) is 5.55. The molecule has 2 nitrogen and oxygen atoms in total. The summed E-state index contributed by atoms with van der Waals surface area (Å²) in [6, 6.07) is 7.88. The van der Waals surface area contributed by atoms with E-state index in [0.29, 0.717) is 12.8 Å². The van der Waals surface area contributed by atoms with Gasteiger partial charge in [-0.05, 0) is 51.3 Å². The highest BCUT2D eigenvalue weighted by molar-refractivity contribution is 5.29. The topological polar surface area (TPSA) is 29.5 Å². The van der Waals surface area contributed by atoms with Crippen LogP contribution >= 0.6 is 0 Å². The first-order valence-corrected chi connectivity index (χ1v) is 5.97. The molecule has 0 bridgehead atoms. The van der Waals surface area contributed by atoms with Crippen molar-refractivity contribution in [3.63, 3.8) is 0 Å². The summed E-state index contributed by atoms with van der Waals surface area (Å²) >= 11 is 0. The van der Waals surface area contributed by atoms with Gasteiger partial charge in [0.05, 0.1) is 6.10 Å². The molecule has 1 aromatic rings. The van der Waals surface area contributed by atoms with Crippen molar-refractivity contribution in [2.24, 2.45) is 0 Å². The molecule has 0 fully saturated rings. The lowest BCUT2D eigenvalue weighted by Crippen LogP contribution is -2.23. The standard InChI is InChI=1S/C15H22O2/c1-5-7-13(16)10-12-8-6-9-14(11-12)17-15(2,3)4/h5-6,8-9,11,13,16H,1,7,10H2,2-4H3. The average Bonchev–Trinajstić information content (AvgIpc) is 2.15. The first-order chi connectivity index (χ1) is 7.90. The lowest BCUT2D eigenvalue weighted by molar-refractivity contribution is 0.130. The Balaban J connectivity index is 2.69. The van der Waals surface area contributed by atoms with Crippen LogP contribution in [0, 0.1) is 0 Å². The molecule has 2 heteroatoms. The Labute approximate surface area is 104 Å². The highest BCUT2D eigenvalue weighted by Gasteiger charge is 2.12. The Hall–Kier alpha value is -1.28. The van der Waals surface area contributed by atoms with Gasteiger partial charge in [0, 0.05) is 0 Å². The molecule has 1 N–H and O–H groups in total. The maximum absolute atomic E-state index is 9.71. The van der Waals surface area contributed by atoms with Crippen molar-refractivity contribution in [3.8, 4) is 5.75 Å². The summed E-state index contributed by atoms with van der Waals surface area (Å²) < 4.78 is 5.78. The molecule has 0 amide bonds. The monoisotopic (exact) mass is 234 g/mol. The average molecular weight is 234 g/mol. The molecule has 0 saturated heterocycles. The van der Waals surface area contributed by atoms with Crippen LogP contribution < -0.4 is 4.74 Å². The molecule has 1 aromatic carbocycles. The van der Waals surface area contributed by atoms with Crippen LogP contribution in [-0.4, -0.2) is 16.8 Å². The Bertz CT molecular complexity index is 363. The first-order valence-electron chi connectivity index (χ1n) is 5.97. The smallest absolute Gasteiger partial charge is 0.120 e. The van der Waals surface area contributed by atoms with Crippen molar-refractivity contribution >= 4 is 0 Å². The number of aliphatic hydroxyl groups excluding tert-OH is 1. The molecule has 0 spiro atoms. The summed E-state index contributed by atoms with van der Waals surface area (Å²) in [5, 5.41) is 9.71. The van der Waals surface area contributed by atoms with Crippen LogP contribution in [0.15, 0.2) is 36.9 Å². The Morgan fingerprint density at radius 3 is 2.71 bits per heavy atom. The lowest BCUT2D eigenvalue weighted by atomic mass is 10.1. The molecule has 0 radical (unpaired) electrons. The van der Waals surface area contributed by atoms with Crippen LogP contribution in [0.3, 0.4) is 0 Å². The highest BCUT2D eigenvalue weighted by atomic mass is 16.5. The van der Waals surface area contributed by atoms with Gasteiger partial charge in [0.2, 0.25) is 0 Å². The SMILES string of the molecule is C=CCC(O)Cc1cccc(OC(C)(C)C)c1. The van der Waals surface area contributed by atoms with E-state index < -0.39 is 0 Å². The van der Waals surface area contributed by atoms with Crippen molar-refractivity contribution in [3.05, 3.63) is 42.5 Å². The molecule has 0 saturated carbocycles. The maximum Gasteiger partial charge on any atom is 0.120 e. The van der Waals surface area contributed by atoms with E-state index in [1.165, 1.54) is 0 Å². The number of benzene rings is 1. The van der Waals surface area contributed by atoms with E-state index in [1.807, 2.05) is 45.0 Å². The first kappa shape index (κ1) is 13.8. The number of hydrogen-bond acceptors (Lipinski definition) is 2. The fourth-order valence-corrected chi connectivity index (χ4v) is 1.64. The summed E-state index contributed by atoms with van der Waals surface area (Å²) in [5.74, 6) is 0.848. The summed E-state index contributed by atoms with van der Waals surface area (Å²) in [4.78, 5) is 0. The van der Waals surface area contributed by atoms with Crippen LogP contribution in [0.2, 0.25) is 0 Å². The normalized spacial score (nSPS) is 13.2. The van der Waals surface area contributed by atoms with Crippen molar-refractivity contribution in [2.75, 3.05) is 0 Å². The third-order valence-electron chi connectivity index (χ3n) is 2.23. The third-order valence-corrected chi connectivity index (χ3v) is 2.23. The quantitative estimate of drug-likeness (QED) is 0.792. The van der Waals surface area contributed by atoms with E-state index in [2.05, 4.69) is 6.58 Å². The van der Waals surface area contributed by atoms with E-state index in [0.717, 1.165) is 11.3 Å². The Morgan fingerprint density at radius 2 is 2.12 bits per heavy atom. The van der Waals surface area contributed by atoms with Gasteiger partial charge in [-0.3, -0.25) is 0 Å². The van der Waals surface area contributed by atoms with Crippen LogP contribution in [-0.2, 0) is 6.42 Å². The van der Waals surface area contributed by atoms with Crippen LogP contribution in [0.25, 0.3) is 0 Å². The van der Waals surface area contributed by atoms with Gasteiger partial charge < -0.3 is 9.84 Å². The molecule has 0 heterocycles. The minimum Gasteiger partial charge on any atom is -0.488 e. The van der Waals surface area contributed by atoms with Gasteiger partial charge in [-0.25, -0.2) is 0 Å². The summed E-state index contributed by atoms with van der Waals surface area (Å²) in [6.45, 7) is 9.68. The second-order valence-corrected chi connectivity index (χ2v) is 5.24. The molecule has 0 aliphatic carbocycles. The molecule has 1 rings (SSSR count). The second-order valence-electron chi connectivity index (χ2n) is 5.24. The zero-order valence-corrected chi connectivity index (χ0v) is 10.9. The van der Waals surface area contributed by atoms with E-state index >= 15 is 0 Å². The summed E-state index contributed by atoms with van der Waals surface area (Å²) in [7, 11) is 0. The number of rotatable bonds is 5. The van der Waals surface area contributed by atoms with Gasteiger partial charge in [0.1, 0.15) is 11.4 Å². The minimum atomic E-state index is -0.364. The predicted octanol–water partition coefficient (Wildman–Crippen LogP) is 3.34. The van der Waals surface area contributed by atoms with Crippen molar-refractivity contribution < 1.29 is 9.84 Å². The molecule has 0 aromatic heterocycles. The van der Waals surface area contributed by atoms with E-state index in [-0.39, 0.29) is 11.7 Å². The number of ether oxygens (including phenoxy) is 1. The molecule has 0 aliphatic heterocycles. The molecular formula is C15H22O2. The minimum absolute atomic E-state index is 0.196. The van der Waals surface area contributed by atoms with Crippen molar-refractivity contribution in [1.82, 2.24) is 0 Å². The number of aliphatic hydroxyl groups is 1. The summed E-state index contributed by atoms with van der Waals surface area (Å²) in [5.41, 5.74) is 0.888. The zero-order valence-electron chi connectivity index (χ0n) is 10.9. The van der Waals surface area contributed by atoms with Crippen LogP contribution in [0.4, 0.5) is 0 Å². The van der Waals surface area contributed by atoms with Crippen LogP contribution in [0.1, 0.15) is 32.8 Å². The fraction of sp³-hybridized carbons (Fsp3) is 0.467. The van der Waals surface area contributed by atoms with Crippen LogP contribution in [0.5, 0.6) is 5.75 Å². The van der Waals surface area contributed by atoms with Crippen molar-refractivity contribution in [2.45, 2.75) is 45.3 Å². The molecule has 0 aliphatic rings. The van der Waals surface area contributed by atoms with E-state index in [4.69, 9.17) is 4.74 Å². The van der Waals surface area contributed by atoms with Gasteiger partial charge in [-0.2, -0.15) is 0 Å². The molecule has 94 valence electrons. The van der Waals surface area contributed by atoms with Crippen molar-refractivity contribution in [1.29, 1.82) is 0 Å². The highest BCUT2D eigenvalue weighted by Crippen LogP contribution is 2.20. The zero-order chi connectivity index (χ0) is 12.9.